The summed E-state index contributed by atoms with van der Waals surface area (Å²) in [6, 6.07) is 6.42. The zero-order chi connectivity index (χ0) is 21.9. The minimum atomic E-state index is -1.93. The van der Waals surface area contributed by atoms with Gasteiger partial charge in [0.1, 0.15) is 5.60 Å². The molecule has 2 aromatic carbocycles. The van der Waals surface area contributed by atoms with Crippen molar-refractivity contribution in [2.24, 2.45) is 11.8 Å². The largest absolute Gasteiger partial charge is 0.379 e. The van der Waals surface area contributed by atoms with Crippen LogP contribution in [0.25, 0.3) is 0 Å². The lowest BCUT2D eigenvalue weighted by atomic mass is 9.52. The highest BCUT2D eigenvalue weighted by Crippen LogP contribution is 2.67. The van der Waals surface area contributed by atoms with Crippen LogP contribution in [0.2, 0.25) is 20.1 Å². The molecule has 1 N–H and O–H groups in total. The predicted molar refractivity (Wildman–Crippen MR) is 116 cm³/mol. The van der Waals surface area contributed by atoms with Crippen molar-refractivity contribution in [3.63, 3.8) is 0 Å². The summed E-state index contributed by atoms with van der Waals surface area (Å²) in [7, 11) is 0. The molecule has 2 atom stereocenters. The van der Waals surface area contributed by atoms with Crippen molar-refractivity contribution in [2.45, 2.75) is 37.8 Å². The predicted octanol–water partition coefficient (Wildman–Crippen LogP) is 5.39. The zero-order valence-electron chi connectivity index (χ0n) is 16.3. The van der Waals surface area contributed by atoms with Crippen LogP contribution < -0.4 is 0 Å². The lowest BCUT2D eigenvalue weighted by molar-refractivity contribution is -0.147. The van der Waals surface area contributed by atoms with Gasteiger partial charge in [0.15, 0.2) is 0 Å². The van der Waals surface area contributed by atoms with Crippen molar-refractivity contribution in [3.05, 3.63) is 66.6 Å². The summed E-state index contributed by atoms with van der Waals surface area (Å²) in [4.78, 5) is 28.4. The topological polar surface area (TPSA) is 57.6 Å². The first kappa shape index (κ1) is 20.6. The molecule has 30 heavy (non-hydrogen) atoms. The molecule has 2 amide bonds. The maximum Gasteiger partial charge on any atom is 0.237 e. The van der Waals surface area contributed by atoms with Gasteiger partial charge in [0.2, 0.25) is 11.8 Å². The van der Waals surface area contributed by atoms with E-state index in [2.05, 4.69) is 0 Å². The highest BCUT2D eigenvalue weighted by Gasteiger charge is 2.70. The standard InChI is InChI=1S/C22H17Cl4NO3/c1-21(2,3)27-19(28)15-14-12-8(23)4-6-10(25)16(12)22(30,18(15)20(27)29)17-11(26)7-5-9(24)13(14)17/h4-7,14-15,18,30H,1-3H3. The maximum atomic E-state index is 13.6. The molecule has 2 bridgehead atoms. The summed E-state index contributed by atoms with van der Waals surface area (Å²) < 4.78 is 0. The number of amides is 2. The third-order valence-corrected chi connectivity index (χ3v) is 7.79. The van der Waals surface area contributed by atoms with E-state index in [1.165, 1.54) is 4.90 Å². The molecule has 156 valence electrons. The number of aliphatic hydroxyl groups is 1. The van der Waals surface area contributed by atoms with Crippen molar-refractivity contribution >= 4 is 58.2 Å². The Bertz CT molecular complexity index is 1110. The van der Waals surface area contributed by atoms with E-state index >= 15 is 0 Å². The van der Waals surface area contributed by atoms with Gasteiger partial charge in [-0.15, -0.1) is 0 Å². The fourth-order valence-corrected chi connectivity index (χ4v) is 6.75. The second-order valence-electron chi connectivity index (χ2n) is 9.07. The fraction of sp³-hybridized carbons (Fsp3) is 0.364. The van der Waals surface area contributed by atoms with Crippen LogP contribution in [0.5, 0.6) is 0 Å². The Morgan fingerprint density at radius 2 is 1.27 bits per heavy atom. The van der Waals surface area contributed by atoms with Crippen LogP contribution >= 0.6 is 46.4 Å². The summed E-state index contributed by atoms with van der Waals surface area (Å²) in [6.45, 7) is 5.35. The normalized spacial score (nSPS) is 29.2. The van der Waals surface area contributed by atoms with Crippen LogP contribution in [-0.4, -0.2) is 27.4 Å². The van der Waals surface area contributed by atoms with Gasteiger partial charge in [0.05, 0.1) is 11.8 Å². The van der Waals surface area contributed by atoms with Crippen molar-refractivity contribution in [3.8, 4) is 0 Å². The number of hydrogen-bond acceptors (Lipinski definition) is 3. The van der Waals surface area contributed by atoms with Gasteiger partial charge in [-0.05, 0) is 56.2 Å². The minimum Gasteiger partial charge on any atom is -0.379 e. The molecular weight excluding hydrogens is 468 g/mol. The Morgan fingerprint density at radius 3 is 1.70 bits per heavy atom. The SMILES string of the molecule is CC(C)(C)N1C(=O)C2C3c4c(Cl)ccc(Cl)c4C(O)(c4c(Cl)ccc(Cl)c43)C2C1=O. The van der Waals surface area contributed by atoms with Gasteiger partial charge in [-0.1, -0.05) is 46.4 Å². The Labute approximate surface area is 193 Å². The second-order valence-corrected chi connectivity index (χ2v) is 10.7. The highest BCUT2D eigenvalue weighted by molar-refractivity contribution is 6.37. The minimum absolute atomic E-state index is 0.261. The Balaban J connectivity index is 1.95. The smallest absolute Gasteiger partial charge is 0.237 e. The van der Waals surface area contributed by atoms with E-state index < -0.39 is 34.8 Å². The summed E-state index contributed by atoms with van der Waals surface area (Å²) in [5.74, 6) is -3.37. The number of nitrogens with zero attached hydrogens (tertiary/aromatic N) is 1. The van der Waals surface area contributed by atoms with Gasteiger partial charge in [0, 0.05) is 42.7 Å². The molecule has 2 aromatic rings. The van der Waals surface area contributed by atoms with Crippen LogP contribution in [0.4, 0.5) is 0 Å². The number of carbonyl (C=O) groups excluding carboxylic acids is 2. The Morgan fingerprint density at radius 1 is 0.833 bits per heavy atom. The van der Waals surface area contributed by atoms with Crippen LogP contribution in [0.1, 0.15) is 48.9 Å². The third kappa shape index (κ3) is 2.24. The van der Waals surface area contributed by atoms with Gasteiger partial charge in [0.25, 0.3) is 0 Å². The molecule has 4 nitrogen and oxygen atoms in total. The van der Waals surface area contributed by atoms with Gasteiger partial charge in [-0.25, -0.2) is 0 Å². The van der Waals surface area contributed by atoms with Crippen molar-refractivity contribution < 1.29 is 14.7 Å². The average Bonchev–Trinajstić information content (AvgIpc) is 2.93. The first-order chi connectivity index (χ1) is 13.9. The Hall–Kier alpha value is -1.30. The number of imide groups is 1. The Kier molecular flexibility index (Phi) is 4.22. The van der Waals surface area contributed by atoms with Gasteiger partial charge >= 0.3 is 0 Å². The van der Waals surface area contributed by atoms with Gasteiger partial charge in [-0.3, -0.25) is 14.5 Å². The molecule has 3 aliphatic carbocycles. The molecular formula is C22H17Cl4NO3. The zero-order valence-corrected chi connectivity index (χ0v) is 19.3. The maximum absolute atomic E-state index is 13.6. The molecule has 4 aliphatic rings. The summed E-state index contributed by atoms with van der Waals surface area (Å²) >= 11 is 26.3. The first-order valence-electron chi connectivity index (χ1n) is 9.49. The molecule has 1 heterocycles. The molecule has 8 heteroatoms. The first-order valence-corrected chi connectivity index (χ1v) is 11.0. The summed E-state index contributed by atoms with van der Waals surface area (Å²) in [5.41, 5.74) is -0.974. The molecule has 0 spiro atoms. The number of benzene rings is 2. The molecule has 0 aromatic heterocycles. The quantitative estimate of drug-likeness (QED) is 0.509. The van der Waals surface area contributed by atoms with E-state index in [0.29, 0.717) is 32.3 Å². The van der Waals surface area contributed by atoms with Gasteiger partial charge in [-0.2, -0.15) is 0 Å². The van der Waals surface area contributed by atoms with E-state index in [1.54, 1.807) is 45.0 Å². The van der Waals surface area contributed by atoms with Crippen molar-refractivity contribution in [1.82, 2.24) is 4.90 Å². The second kappa shape index (κ2) is 6.14. The summed E-state index contributed by atoms with van der Waals surface area (Å²) in [5, 5.41) is 13.5. The molecule has 1 saturated heterocycles. The molecule has 2 unspecified atom stereocenters. The number of hydrogen-bond donors (Lipinski definition) is 1. The van der Waals surface area contributed by atoms with E-state index in [4.69, 9.17) is 46.4 Å². The summed E-state index contributed by atoms with van der Waals surface area (Å²) in [6.07, 6.45) is 0. The average molecular weight is 485 g/mol. The van der Waals surface area contributed by atoms with E-state index in [0.717, 1.165) is 0 Å². The molecule has 0 radical (unpaired) electrons. The molecule has 1 aliphatic heterocycles. The number of halogens is 4. The fourth-order valence-electron chi connectivity index (χ4n) is 5.58. The molecule has 6 rings (SSSR count). The number of likely N-dealkylation sites (tertiary alicyclic amines) is 1. The van der Waals surface area contributed by atoms with Crippen LogP contribution in [0.15, 0.2) is 24.3 Å². The highest BCUT2D eigenvalue weighted by atomic mass is 35.5. The van der Waals surface area contributed by atoms with Crippen molar-refractivity contribution in [2.75, 3.05) is 0 Å². The van der Waals surface area contributed by atoms with E-state index in [-0.39, 0.29) is 16.0 Å². The third-order valence-electron chi connectivity index (χ3n) is 6.50. The van der Waals surface area contributed by atoms with Gasteiger partial charge < -0.3 is 5.11 Å². The lowest BCUT2D eigenvalue weighted by Gasteiger charge is -2.52. The molecule has 0 saturated carbocycles. The number of rotatable bonds is 0. The van der Waals surface area contributed by atoms with E-state index in [1.807, 2.05) is 0 Å². The van der Waals surface area contributed by atoms with Crippen LogP contribution in [0.3, 0.4) is 0 Å². The van der Waals surface area contributed by atoms with Crippen molar-refractivity contribution in [1.29, 1.82) is 0 Å². The van der Waals surface area contributed by atoms with E-state index in [9.17, 15) is 14.7 Å². The van der Waals surface area contributed by atoms with Crippen LogP contribution in [-0.2, 0) is 15.2 Å². The monoisotopic (exact) mass is 483 g/mol. The lowest BCUT2D eigenvalue weighted by Crippen LogP contribution is -2.54. The van der Waals surface area contributed by atoms with Crippen LogP contribution in [0, 0.1) is 11.8 Å². The number of carbonyl (C=O) groups is 2. The molecule has 1 fully saturated rings.